The molecule has 0 spiro atoms. The molecule has 7 heteroatoms. The summed E-state index contributed by atoms with van der Waals surface area (Å²) in [6, 6.07) is 4.75. The summed E-state index contributed by atoms with van der Waals surface area (Å²) in [5.74, 6) is 4.41. The third-order valence-corrected chi connectivity index (χ3v) is 3.59. The van der Waals surface area contributed by atoms with E-state index >= 15 is 0 Å². The SMILES string of the molecule is N=C(N=NN)C1CC1C(=O)c1ccc(Cl)c(Cl)c1. The molecule has 0 bridgehead atoms. The minimum absolute atomic E-state index is 0.0379. The van der Waals surface area contributed by atoms with Crippen molar-refractivity contribution >= 4 is 34.8 Å². The molecule has 1 saturated carbocycles. The van der Waals surface area contributed by atoms with Gasteiger partial charge < -0.3 is 5.84 Å². The van der Waals surface area contributed by atoms with E-state index in [1.807, 2.05) is 0 Å². The van der Waals surface area contributed by atoms with E-state index in [0.29, 0.717) is 22.0 Å². The van der Waals surface area contributed by atoms with Gasteiger partial charge in [0.25, 0.3) is 0 Å². The normalized spacial score (nSPS) is 22.1. The fraction of sp³-hybridized carbons (Fsp3) is 0.273. The van der Waals surface area contributed by atoms with Gasteiger partial charge in [0.05, 0.1) is 10.0 Å². The van der Waals surface area contributed by atoms with E-state index in [1.165, 1.54) is 6.07 Å². The molecular weight excluding hydrogens is 275 g/mol. The van der Waals surface area contributed by atoms with Crippen LogP contribution in [0.4, 0.5) is 0 Å². The van der Waals surface area contributed by atoms with Crippen molar-refractivity contribution < 1.29 is 4.79 Å². The number of rotatable bonds is 3. The van der Waals surface area contributed by atoms with Gasteiger partial charge in [-0.25, -0.2) is 0 Å². The molecule has 3 N–H and O–H groups in total. The quantitative estimate of drug-likeness (QED) is 0.223. The van der Waals surface area contributed by atoms with E-state index < -0.39 is 0 Å². The Hall–Kier alpha value is -1.46. The van der Waals surface area contributed by atoms with Gasteiger partial charge in [0.1, 0.15) is 5.84 Å². The number of carbonyl (C=O) groups excluding carboxylic acids is 1. The second kappa shape index (κ2) is 5.04. The van der Waals surface area contributed by atoms with Crippen molar-refractivity contribution in [3.05, 3.63) is 33.8 Å². The van der Waals surface area contributed by atoms with Crippen molar-refractivity contribution in [1.82, 2.24) is 0 Å². The Labute approximate surface area is 113 Å². The molecule has 18 heavy (non-hydrogen) atoms. The van der Waals surface area contributed by atoms with Crippen molar-refractivity contribution in [3.63, 3.8) is 0 Å². The third-order valence-electron chi connectivity index (χ3n) is 2.85. The first-order chi connectivity index (χ1) is 8.54. The van der Waals surface area contributed by atoms with Crippen LogP contribution in [0.3, 0.4) is 0 Å². The Morgan fingerprint density at radius 2 is 2.06 bits per heavy atom. The number of hydrogen-bond acceptors (Lipinski definition) is 3. The van der Waals surface area contributed by atoms with Crippen LogP contribution >= 0.6 is 23.2 Å². The first-order valence-electron chi connectivity index (χ1n) is 5.23. The lowest BCUT2D eigenvalue weighted by Gasteiger charge is -2.01. The fourth-order valence-corrected chi connectivity index (χ4v) is 2.08. The molecule has 0 heterocycles. The number of halogens is 2. The number of Topliss-reactive ketones (excluding diaryl/α,β-unsaturated/α-hetero) is 1. The van der Waals surface area contributed by atoms with Crippen LogP contribution in [0.15, 0.2) is 28.5 Å². The average Bonchev–Trinajstić information content (AvgIpc) is 3.12. The van der Waals surface area contributed by atoms with Crippen molar-refractivity contribution in [3.8, 4) is 0 Å². The summed E-state index contributed by atoms with van der Waals surface area (Å²) in [5, 5.41) is 14.8. The van der Waals surface area contributed by atoms with Crippen molar-refractivity contribution in [2.75, 3.05) is 0 Å². The molecule has 0 aromatic heterocycles. The lowest BCUT2D eigenvalue weighted by Crippen LogP contribution is -2.07. The zero-order valence-electron chi connectivity index (χ0n) is 9.23. The Morgan fingerprint density at radius 1 is 1.33 bits per heavy atom. The van der Waals surface area contributed by atoms with Gasteiger partial charge in [0.2, 0.25) is 0 Å². The first-order valence-corrected chi connectivity index (χ1v) is 5.99. The zero-order chi connectivity index (χ0) is 13.3. The van der Waals surface area contributed by atoms with Crippen LogP contribution in [-0.2, 0) is 0 Å². The summed E-state index contributed by atoms with van der Waals surface area (Å²) in [6.45, 7) is 0. The van der Waals surface area contributed by atoms with Gasteiger partial charge >= 0.3 is 0 Å². The predicted molar refractivity (Wildman–Crippen MR) is 69.2 cm³/mol. The maximum absolute atomic E-state index is 12.1. The number of nitrogens with two attached hydrogens (primary N) is 1. The van der Waals surface area contributed by atoms with Crippen LogP contribution in [0.1, 0.15) is 16.8 Å². The second-order valence-corrected chi connectivity index (χ2v) is 4.86. The smallest absolute Gasteiger partial charge is 0.166 e. The summed E-state index contributed by atoms with van der Waals surface area (Å²) in [5.41, 5.74) is 0.495. The molecule has 0 amide bonds. The van der Waals surface area contributed by atoms with Gasteiger partial charge in [0.15, 0.2) is 5.78 Å². The molecule has 2 rings (SSSR count). The highest BCUT2D eigenvalue weighted by Crippen LogP contribution is 2.42. The third kappa shape index (κ3) is 2.52. The molecule has 0 radical (unpaired) electrons. The highest BCUT2D eigenvalue weighted by Gasteiger charge is 2.46. The van der Waals surface area contributed by atoms with E-state index in [-0.39, 0.29) is 23.5 Å². The summed E-state index contributed by atoms with van der Waals surface area (Å²) in [6.07, 6.45) is 0.594. The fourth-order valence-electron chi connectivity index (χ4n) is 1.79. The maximum atomic E-state index is 12.1. The Bertz CT molecular complexity index is 544. The van der Waals surface area contributed by atoms with Crippen LogP contribution in [0, 0.1) is 17.2 Å². The second-order valence-electron chi connectivity index (χ2n) is 4.04. The number of nitrogens with zero attached hydrogens (tertiary/aromatic N) is 2. The van der Waals surface area contributed by atoms with Gasteiger partial charge in [-0.05, 0) is 24.6 Å². The van der Waals surface area contributed by atoms with E-state index in [0.717, 1.165) is 0 Å². The van der Waals surface area contributed by atoms with Crippen LogP contribution < -0.4 is 5.84 Å². The summed E-state index contributed by atoms with van der Waals surface area (Å²) >= 11 is 11.6. The first kappa shape index (κ1) is 13.0. The van der Waals surface area contributed by atoms with Crippen LogP contribution in [0.25, 0.3) is 0 Å². The van der Waals surface area contributed by atoms with Crippen molar-refractivity contribution in [1.29, 1.82) is 5.41 Å². The number of carbonyl (C=O) groups is 1. The molecule has 1 aromatic rings. The van der Waals surface area contributed by atoms with Crippen LogP contribution in [0.5, 0.6) is 0 Å². The van der Waals surface area contributed by atoms with E-state index in [4.69, 9.17) is 34.5 Å². The van der Waals surface area contributed by atoms with Gasteiger partial charge in [-0.2, -0.15) is 0 Å². The molecule has 5 nitrogen and oxygen atoms in total. The molecule has 94 valence electrons. The number of nitrogens with one attached hydrogen (secondary N) is 1. The standard InChI is InChI=1S/C11H10Cl2N4O/c12-8-2-1-5(3-9(8)13)10(18)6-4-7(6)11(14)16-17-15/h1-3,6-7H,4H2,(H3,14,15,16). The van der Waals surface area contributed by atoms with E-state index in [9.17, 15) is 4.79 Å². The van der Waals surface area contributed by atoms with Gasteiger partial charge in [0, 0.05) is 17.4 Å². The topological polar surface area (TPSA) is 91.7 Å². The summed E-state index contributed by atoms with van der Waals surface area (Å²) in [7, 11) is 0. The van der Waals surface area contributed by atoms with Gasteiger partial charge in [-0.1, -0.05) is 28.4 Å². The molecule has 0 aliphatic heterocycles. The van der Waals surface area contributed by atoms with Gasteiger partial charge in [-0.15, -0.1) is 5.11 Å². The molecule has 1 fully saturated rings. The Kier molecular flexibility index (Phi) is 3.63. The monoisotopic (exact) mass is 284 g/mol. The van der Waals surface area contributed by atoms with Crippen LogP contribution in [-0.4, -0.2) is 11.6 Å². The number of ketones is 1. The predicted octanol–water partition coefficient (Wildman–Crippen LogP) is 3.12. The molecule has 2 unspecified atom stereocenters. The molecule has 1 aromatic carbocycles. The highest BCUT2D eigenvalue weighted by atomic mass is 35.5. The average molecular weight is 285 g/mol. The number of hydrogen-bond donors (Lipinski definition) is 2. The van der Waals surface area contributed by atoms with Crippen molar-refractivity contribution in [2.45, 2.75) is 6.42 Å². The van der Waals surface area contributed by atoms with Crippen LogP contribution in [0.2, 0.25) is 10.0 Å². The van der Waals surface area contributed by atoms with Crippen molar-refractivity contribution in [2.24, 2.45) is 28.0 Å². The lowest BCUT2D eigenvalue weighted by atomic mass is 10.1. The Morgan fingerprint density at radius 3 is 2.67 bits per heavy atom. The highest BCUT2D eigenvalue weighted by molar-refractivity contribution is 6.42. The molecule has 1 aliphatic carbocycles. The zero-order valence-corrected chi connectivity index (χ0v) is 10.7. The Balaban J connectivity index is 2.10. The number of benzene rings is 1. The van der Waals surface area contributed by atoms with E-state index in [2.05, 4.69) is 10.3 Å². The summed E-state index contributed by atoms with van der Waals surface area (Å²) < 4.78 is 0. The lowest BCUT2D eigenvalue weighted by molar-refractivity contribution is 0.0964. The van der Waals surface area contributed by atoms with E-state index in [1.54, 1.807) is 12.1 Å². The molecule has 2 atom stereocenters. The largest absolute Gasteiger partial charge is 0.305 e. The maximum Gasteiger partial charge on any atom is 0.166 e. The van der Waals surface area contributed by atoms with Gasteiger partial charge in [-0.3, -0.25) is 10.2 Å². The molecular formula is C11H10Cl2N4O. The minimum atomic E-state index is -0.236. The molecule has 1 aliphatic rings. The molecule has 0 saturated heterocycles. The minimum Gasteiger partial charge on any atom is -0.305 e. The summed E-state index contributed by atoms with van der Waals surface area (Å²) in [4.78, 5) is 12.1. The number of amidine groups is 1.